The molecule has 2 aliphatic rings. The van der Waals surface area contributed by atoms with Crippen molar-refractivity contribution in [3.05, 3.63) is 23.9 Å². The quantitative estimate of drug-likeness (QED) is 0.201. The normalized spacial score (nSPS) is 19.9. The van der Waals surface area contributed by atoms with E-state index < -0.39 is 0 Å². The number of likely N-dealkylation sites (N-methyl/N-ethyl adjacent to an activating group) is 1. The van der Waals surface area contributed by atoms with Gasteiger partial charge in [-0.3, -0.25) is 0 Å². The molecule has 0 bridgehead atoms. The van der Waals surface area contributed by atoms with Crippen molar-refractivity contribution in [2.45, 2.75) is 26.3 Å². The van der Waals surface area contributed by atoms with Gasteiger partial charge in [-0.25, -0.2) is 9.98 Å². The third-order valence-corrected chi connectivity index (χ3v) is 5.54. The molecule has 0 aromatic carbocycles. The zero-order valence-electron chi connectivity index (χ0n) is 19.0. The second-order valence-electron chi connectivity index (χ2n) is 8.09. The van der Waals surface area contributed by atoms with E-state index in [9.17, 15) is 0 Å². The maximum Gasteiger partial charge on any atom is 0.191 e. The lowest BCUT2D eigenvalue weighted by Crippen LogP contribution is -2.44. The molecule has 2 aliphatic heterocycles. The molecule has 1 aromatic rings. The van der Waals surface area contributed by atoms with Gasteiger partial charge in [0.1, 0.15) is 5.82 Å². The Balaban J connectivity index is 0.00000341. The number of rotatable bonds is 10. The molecule has 176 valence electrons. The third kappa shape index (κ3) is 9.46. The minimum atomic E-state index is 0. The summed E-state index contributed by atoms with van der Waals surface area (Å²) in [7, 11) is 2.17. The molecule has 0 saturated carbocycles. The van der Waals surface area contributed by atoms with E-state index >= 15 is 0 Å². The molecule has 3 rings (SSSR count). The van der Waals surface area contributed by atoms with Crippen LogP contribution < -0.4 is 15.5 Å². The van der Waals surface area contributed by atoms with Gasteiger partial charge in [0.05, 0.1) is 19.8 Å². The smallest absolute Gasteiger partial charge is 0.191 e. The number of piperazine rings is 1. The molecule has 0 radical (unpaired) electrons. The van der Waals surface area contributed by atoms with E-state index in [1.165, 1.54) is 5.56 Å². The van der Waals surface area contributed by atoms with Crippen molar-refractivity contribution in [3.8, 4) is 0 Å². The Hall–Kier alpha value is -1.17. The molecule has 2 saturated heterocycles. The lowest BCUT2D eigenvalue weighted by molar-refractivity contribution is 0.0888. The molecular weight excluding hydrogens is 507 g/mol. The van der Waals surface area contributed by atoms with Crippen LogP contribution in [-0.4, -0.2) is 88.6 Å². The zero-order valence-corrected chi connectivity index (χ0v) is 21.3. The standard InChI is InChI=1S/C22H38N6O2.HI/c1-3-23-22(25-7-4-13-29-17-20-6-14-30-18-20)26-16-19-5-8-24-21(15-19)28-11-9-27(2)10-12-28;/h5,8,15,20H,3-4,6-7,9-14,16-18H2,1-2H3,(H2,23,25,26);1H. The fourth-order valence-corrected chi connectivity index (χ4v) is 3.63. The summed E-state index contributed by atoms with van der Waals surface area (Å²) in [6.07, 6.45) is 3.98. The highest BCUT2D eigenvalue weighted by Gasteiger charge is 2.16. The van der Waals surface area contributed by atoms with Crippen LogP contribution in [0.2, 0.25) is 0 Å². The first kappa shape index (κ1) is 26.1. The number of hydrogen-bond donors (Lipinski definition) is 2. The first-order valence-corrected chi connectivity index (χ1v) is 11.3. The largest absolute Gasteiger partial charge is 0.381 e. The minimum Gasteiger partial charge on any atom is -0.381 e. The van der Waals surface area contributed by atoms with Gasteiger partial charge in [-0.05, 0) is 44.5 Å². The van der Waals surface area contributed by atoms with Crippen LogP contribution in [0.1, 0.15) is 25.3 Å². The first-order chi connectivity index (χ1) is 14.7. The van der Waals surface area contributed by atoms with Crippen LogP contribution in [0.5, 0.6) is 0 Å². The van der Waals surface area contributed by atoms with E-state index in [1.54, 1.807) is 0 Å². The summed E-state index contributed by atoms with van der Waals surface area (Å²) in [4.78, 5) is 14.0. The molecule has 1 unspecified atom stereocenters. The number of anilines is 1. The van der Waals surface area contributed by atoms with Crippen LogP contribution in [0, 0.1) is 5.92 Å². The number of guanidine groups is 1. The summed E-state index contributed by atoms with van der Waals surface area (Å²) >= 11 is 0. The van der Waals surface area contributed by atoms with Gasteiger partial charge in [-0.15, -0.1) is 24.0 Å². The maximum absolute atomic E-state index is 5.77. The molecule has 2 N–H and O–H groups in total. The lowest BCUT2D eigenvalue weighted by Gasteiger charge is -2.33. The molecule has 9 heteroatoms. The van der Waals surface area contributed by atoms with Gasteiger partial charge in [0.15, 0.2) is 5.96 Å². The predicted octanol–water partition coefficient (Wildman–Crippen LogP) is 1.95. The SMILES string of the molecule is CCNC(=NCc1ccnc(N2CCN(C)CC2)c1)NCCCOCC1CCOC1.I. The van der Waals surface area contributed by atoms with E-state index in [4.69, 9.17) is 14.5 Å². The second kappa shape index (κ2) is 14.8. The molecule has 1 aromatic heterocycles. The average Bonchev–Trinajstić information content (AvgIpc) is 3.28. The summed E-state index contributed by atoms with van der Waals surface area (Å²) in [5.41, 5.74) is 1.18. The van der Waals surface area contributed by atoms with Gasteiger partial charge in [-0.2, -0.15) is 0 Å². The summed E-state index contributed by atoms with van der Waals surface area (Å²) in [5.74, 6) is 2.48. The Bertz CT molecular complexity index is 649. The van der Waals surface area contributed by atoms with Gasteiger partial charge in [0.2, 0.25) is 0 Å². The van der Waals surface area contributed by atoms with E-state index in [1.807, 2.05) is 12.3 Å². The Morgan fingerprint density at radius 3 is 2.87 bits per heavy atom. The summed E-state index contributed by atoms with van der Waals surface area (Å²) in [5, 5.41) is 6.73. The number of nitrogens with one attached hydrogen (secondary N) is 2. The Labute approximate surface area is 204 Å². The topological polar surface area (TPSA) is 74.3 Å². The van der Waals surface area contributed by atoms with Gasteiger partial charge in [0, 0.05) is 64.6 Å². The molecule has 3 heterocycles. The van der Waals surface area contributed by atoms with Crippen LogP contribution in [0.3, 0.4) is 0 Å². The molecule has 0 amide bonds. The fraction of sp³-hybridized carbons (Fsp3) is 0.727. The van der Waals surface area contributed by atoms with E-state index in [0.717, 1.165) is 90.3 Å². The van der Waals surface area contributed by atoms with Crippen LogP contribution in [-0.2, 0) is 16.0 Å². The molecular formula is C22H39IN6O2. The zero-order chi connectivity index (χ0) is 21.0. The van der Waals surface area contributed by atoms with Crippen molar-refractivity contribution in [2.75, 3.05) is 77.6 Å². The fourth-order valence-electron chi connectivity index (χ4n) is 3.63. The Morgan fingerprint density at radius 1 is 1.29 bits per heavy atom. The monoisotopic (exact) mass is 546 g/mol. The lowest BCUT2D eigenvalue weighted by atomic mass is 10.1. The van der Waals surface area contributed by atoms with Crippen LogP contribution in [0.25, 0.3) is 0 Å². The van der Waals surface area contributed by atoms with Crippen molar-refractivity contribution in [3.63, 3.8) is 0 Å². The van der Waals surface area contributed by atoms with E-state index in [-0.39, 0.29) is 24.0 Å². The van der Waals surface area contributed by atoms with Gasteiger partial charge in [0.25, 0.3) is 0 Å². The van der Waals surface area contributed by atoms with E-state index in [0.29, 0.717) is 12.5 Å². The number of hydrogen-bond acceptors (Lipinski definition) is 6. The molecule has 31 heavy (non-hydrogen) atoms. The van der Waals surface area contributed by atoms with Crippen molar-refractivity contribution < 1.29 is 9.47 Å². The van der Waals surface area contributed by atoms with Crippen molar-refractivity contribution in [1.82, 2.24) is 20.5 Å². The van der Waals surface area contributed by atoms with Crippen LogP contribution >= 0.6 is 24.0 Å². The van der Waals surface area contributed by atoms with Crippen LogP contribution in [0.4, 0.5) is 5.82 Å². The third-order valence-electron chi connectivity index (χ3n) is 5.54. The minimum absolute atomic E-state index is 0. The molecule has 0 spiro atoms. The second-order valence-corrected chi connectivity index (χ2v) is 8.09. The number of pyridine rings is 1. The van der Waals surface area contributed by atoms with Crippen molar-refractivity contribution in [1.29, 1.82) is 0 Å². The number of ether oxygens (including phenoxy) is 2. The van der Waals surface area contributed by atoms with Crippen molar-refractivity contribution in [2.24, 2.45) is 10.9 Å². The highest BCUT2D eigenvalue weighted by Crippen LogP contribution is 2.15. The molecule has 8 nitrogen and oxygen atoms in total. The number of halogens is 1. The average molecular weight is 546 g/mol. The molecule has 1 atom stereocenters. The molecule has 2 fully saturated rings. The van der Waals surface area contributed by atoms with Crippen LogP contribution in [0.15, 0.2) is 23.3 Å². The highest BCUT2D eigenvalue weighted by atomic mass is 127. The predicted molar refractivity (Wildman–Crippen MR) is 137 cm³/mol. The molecule has 0 aliphatic carbocycles. The van der Waals surface area contributed by atoms with Gasteiger partial charge >= 0.3 is 0 Å². The van der Waals surface area contributed by atoms with E-state index in [2.05, 4.69) is 45.5 Å². The number of nitrogens with zero attached hydrogens (tertiary/aromatic N) is 4. The van der Waals surface area contributed by atoms with Gasteiger partial charge in [-0.1, -0.05) is 0 Å². The summed E-state index contributed by atoms with van der Waals surface area (Å²) < 4.78 is 11.1. The maximum atomic E-state index is 5.77. The summed E-state index contributed by atoms with van der Waals surface area (Å²) in [6, 6.07) is 4.21. The number of aliphatic imine (C=N–C) groups is 1. The first-order valence-electron chi connectivity index (χ1n) is 11.3. The Morgan fingerprint density at radius 2 is 2.13 bits per heavy atom. The van der Waals surface area contributed by atoms with Crippen molar-refractivity contribution >= 4 is 35.8 Å². The Kier molecular flexibility index (Phi) is 12.5. The summed E-state index contributed by atoms with van der Waals surface area (Å²) in [6.45, 7) is 11.9. The number of aromatic nitrogens is 1. The van der Waals surface area contributed by atoms with Gasteiger partial charge < -0.3 is 29.9 Å². The highest BCUT2D eigenvalue weighted by molar-refractivity contribution is 14.0.